The van der Waals surface area contributed by atoms with Crippen molar-refractivity contribution in [3.63, 3.8) is 0 Å². The maximum Gasteiger partial charge on any atom is 0.338 e. The third kappa shape index (κ3) is 5.97. The van der Waals surface area contributed by atoms with Gasteiger partial charge in [0.1, 0.15) is 18.8 Å². The van der Waals surface area contributed by atoms with Gasteiger partial charge in [-0.2, -0.15) is 0 Å². The molecular formula is C28H26O8. The Labute approximate surface area is 208 Å². The lowest BCUT2D eigenvalue weighted by Gasteiger charge is -2.42. The zero-order valence-electron chi connectivity index (χ0n) is 19.6. The van der Waals surface area contributed by atoms with E-state index in [0.717, 1.165) is 0 Å². The largest absolute Gasteiger partial charge is 0.459 e. The predicted octanol–water partition coefficient (Wildman–Crippen LogP) is 3.44. The van der Waals surface area contributed by atoms with Crippen molar-refractivity contribution in [2.75, 3.05) is 6.61 Å². The third-order valence-corrected chi connectivity index (χ3v) is 5.79. The minimum absolute atomic E-state index is 0.263. The van der Waals surface area contributed by atoms with Crippen LogP contribution in [0.25, 0.3) is 0 Å². The molecule has 0 spiro atoms. The molecule has 0 saturated carbocycles. The summed E-state index contributed by atoms with van der Waals surface area (Å²) in [4.78, 5) is 38.2. The molecule has 0 aromatic heterocycles. The Morgan fingerprint density at radius 3 is 1.58 bits per heavy atom. The molecule has 3 aromatic rings. The first-order valence-corrected chi connectivity index (χ1v) is 11.5. The second-order valence-corrected chi connectivity index (χ2v) is 8.31. The van der Waals surface area contributed by atoms with Crippen LogP contribution < -0.4 is 0 Å². The second kappa shape index (κ2) is 11.6. The number of benzene rings is 3. The van der Waals surface area contributed by atoms with Crippen LogP contribution in [0.15, 0.2) is 91.0 Å². The van der Waals surface area contributed by atoms with Crippen molar-refractivity contribution >= 4 is 17.9 Å². The number of carbonyl (C=O) groups is 3. The molecule has 1 aliphatic heterocycles. The molecule has 1 heterocycles. The molecule has 0 aliphatic carbocycles. The summed E-state index contributed by atoms with van der Waals surface area (Å²) < 4.78 is 22.6. The van der Waals surface area contributed by atoms with Crippen LogP contribution in [-0.4, -0.2) is 60.1 Å². The van der Waals surface area contributed by atoms with Gasteiger partial charge in [-0.05, 0) is 43.3 Å². The molecule has 1 aliphatic rings. The van der Waals surface area contributed by atoms with Crippen molar-refractivity contribution in [1.82, 2.24) is 0 Å². The molecule has 0 bridgehead atoms. The number of esters is 3. The summed E-state index contributed by atoms with van der Waals surface area (Å²) in [6.07, 6.45) is -5.62. The third-order valence-electron chi connectivity index (χ3n) is 5.79. The first kappa shape index (κ1) is 25.1. The van der Waals surface area contributed by atoms with E-state index in [1.165, 1.54) is 0 Å². The average Bonchev–Trinajstić information content (AvgIpc) is 2.92. The molecule has 0 radical (unpaired) electrons. The minimum atomic E-state index is -1.30. The summed E-state index contributed by atoms with van der Waals surface area (Å²) in [6.45, 7) is 1.30. The number of ether oxygens (including phenoxy) is 4. The monoisotopic (exact) mass is 490 g/mol. The van der Waals surface area contributed by atoms with Crippen LogP contribution in [0.3, 0.4) is 0 Å². The van der Waals surface area contributed by atoms with Crippen LogP contribution in [0.4, 0.5) is 0 Å². The molecule has 0 amide bonds. The average molecular weight is 491 g/mol. The Balaban J connectivity index is 1.57. The van der Waals surface area contributed by atoms with Crippen LogP contribution in [0, 0.1) is 0 Å². The van der Waals surface area contributed by atoms with Crippen molar-refractivity contribution in [2.24, 2.45) is 0 Å². The van der Waals surface area contributed by atoms with Gasteiger partial charge in [0.2, 0.25) is 0 Å². The van der Waals surface area contributed by atoms with Crippen LogP contribution in [0.5, 0.6) is 0 Å². The van der Waals surface area contributed by atoms with Crippen LogP contribution >= 0.6 is 0 Å². The molecule has 5 unspecified atom stereocenters. The van der Waals surface area contributed by atoms with E-state index in [-0.39, 0.29) is 17.7 Å². The Morgan fingerprint density at radius 2 is 1.11 bits per heavy atom. The van der Waals surface area contributed by atoms with E-state index in [1.807, 2.05) is 0 Å². The van der Waals surface area contributed by atoms with E-state index in [0.29, 0.717) is 5.56 Å². The number of aliphatic hydroxyl groups excluding tert-OH is 1. The van der Waals surface area contributed by atoms with Crippen LogP contribution in [0.2, 0.25) is 0 Å². The topological polar surface area (TPSA) is 108 Å². The molecule has 5 atom stereocenters. The summed E-state index contributed by atoms with van der Waals surface area (Å²) >= 11 is 0. The molecule has 1 fully saturated rings. The first-order valence-electron chi connectivity index (χ1n) is 11.5. The Kier molecular flexibility index (Phi) is 8.10. The van der Waals surface area contributed by atoms with Crippen molar-refractivity contribution in [3.8, 4) is 0 Å². The number of aliphatic hydroxyl groups is 1. The fraction of sp³-hybridized carbons (Fsp3) is 0.250. The zero-order chi connectivity index (χ0) is 25.5. The molecule has 36 heavy (non-hydrogen) atoms. The Bertz CT molecular complexity index is 1170. The van der Waals surface area contributed by atoms with Gasteiger partial charge in [-0.25, -0.2) is 14.4 Å². The molecule has 1 N–H and O–H groups in total. The van der Waals surface area contributed by atoms with E-state index < -0.39 is 48.4 Å². The van der Waals surface area contributed by atoms with E-state index >= 15 is 0 Å². The van der Waals surface area contributed by atoms with E-state index in [9.17, 15) is 19.5 Å². The van der Waals surface area contributed by atoms with Gasteiger partial charge in [0.25, 0.3) is 0 Å². The molecule has 8 heteroatoms. The number of carbonyl (C=O) groups excluding carboxylic acids is 3. The van der Waals surface area contributed by atoms with Gasteiger partial charge in [0, 0.05) is 0 Å². The van der Waals surface area contributed by atoms with E-state index in [4.69, 9.17) is 18.9 Å². The maximum absolute atomic E-state index is 12.9. The highest BCUT2D eigenvalue weighted by Crippen LogP contribution is 2.28. The summed E-state index contributed by atoms with van der Waals surface area (Å²) in [6, 6.07) is 24.9. The van der Waals surface area contributed by atoms with Crippen molar-refractivity contribution < 1.29 is 38.4 Å². The predicted molar refractivity (Wildman–Crippen MR) is 128 cm³/mol. The summed E-state index contributed by atoms with van der Waals surface area (Å²) in [7, 11) is 0. The van der Waals surface area contributed by atoms with Crippen LogP contribution in [0.1, 0.15) is 38.0 Å². The second-order valence-electron chi connectivity index (χ2n) is 8.31. The van der Waals surface area contributed by atoms with Gasteiger partial charge in [0.05, 0.1) is 22.8 Å². The fourth-order valence-electron chi connectivity index (χ4n) is 3.87. The highest BCUT2D eigenvalue weighted by Gasteiger charge is 2.49. The first-order chi connectivity index (χ1) is 17.4. The summed E-state index contributed by atoms with van der Waals surface area (Å²) in [5.74, 6) is -2.00. The standard InChI is InChI=1S/C28H26O8/c1-18-23(29)25(36-28(32)21-15-9-4-10-16-21)24(35-27(31)20-13-7-3-8-14-20)22(34-18)17-33-26(30)19-11-5-2-6-12-19/h2-16,18,22-25,29H,17H2,1H3. The van der Waals surface area contributed by atoms with E-state index in [1.54, 1.807) is 97.9 Å². The van der Waals surface area contributed by atoms with Crippen molar-refractivity contribution in [2.45, 2.75) is 37.4 Å². The lowest BCUT2D eigenvalue weighted by Crippen LogP contribution is -2.60. The smallest absolute Gasteiger partial charge is 0.338 e. The van der Waals surface area contributed by atoms with Crippen molar-refractivity contribution in [1.29, 1.82) is 0 Å². The highest BCUT2D eigenvalue weighted by molar-refractivity contribution is 5.90. The summed E-state index contributed by atoms with van der Waals surface area (Å²) in [5.41, 5.74) is 0.870. The van der Waals surface area contributed by atoms with Gasteiger partial charge in [-0.1, -0.05) is 54.6 Å². The Morgan fingerprint density at radius 1 is 0.694 bits per heavy atom. The van der Waals surface area contributed by atoms with Gasteiger partial charge in [0.15, 0.2) is 12.2 Å². The van der Waals surface area contributed by atoms with Crippen LogP contribution in [-0.2, 0) is 18.9 Å². The zero-order valence-corrected chi connectivity index (χ0v) is 19.6. The quantitative estimate of drug-likeness (QED) is 0.396. The van der Waals surface area contributed by atoms with Crippen molar-refractivity contribution in [3.05, 3.63) is 108 Å². The number of hydrogen-bond donors (Lipinski definition) is 1. The molecular weight excluding hydrogens is 464 g/mol. The molecule has 8 nitrogen and oxygen atoms in total. The molecule has 4 rings (SSSR count). The lowest BCUT2D eigenvalue weighted by molar-refractivity contribution is -0.224. The van der Waals surface area contributed by atoms with Gasteiger partial charge < -0.3 is 24.1 Å². The summed E-state index contributed by atoms with van der Waals surface area (Å²) in [5, 5.41) is 10.9. The number of rotatable bonds is 7. The van der Waals surface area contributed by atoms with Gasteiger partial charge in [-0.15, -0.1) is 0 Å². The lowest BCUT2D eigenvalue weighted by atomic mass is 9.95. The van der Waals surface area contributed by atoms with E-state index in [2.05, 4.69) is 0 Å². The fourth-order valence-corrected chi connectivity index (χ4v) is 3.87. The normalized spacial score (nSPS) is 23.3. The minimum Gasteiger partial charge on any atom is -0.459 e. The van der Waals surface area contributed by atoms with Gasteiger partial charge >= 0.3 is 17.9 Å². The highest BCUT2D eigenvalue weighted by atomic mass is 16.6. The SMILES string of the molecule is CC1OC(COC(=O)c2ccccc2)C(OC(=O)c2ccccc2)C(OC(=O)c2ccccc2)C1O. The maximum atomic E-state index is 12.9. The molecule has 1 saturated heterocycles. The number of hydrogen-bond acceptors (Lipinski definition) is 8. The van der Waals surface area contributed by atoms with Gasteiger partial charge in [-0.3, -0.25) is 0 Å². The Hall–Kier alpha value is -4.01. The molecule has 3 aromatic carbocycles. The molecule has 186 valence electrons.